The average molecular weight is 312 g/mol. The van der Waals surface area contributed by atoms with Crippen molar-refractivity contribution in [2.45, 2.75) is 16.6 Å². The fourth-order valence-corrected chi connectivity index (χ4v) is 5.35. The lowest BCUT2D eigenvalue weighted by atomic mass is 10.2. The summed E-state index contributed by atoms with van der Waals surface area (Å²) in [6, 6.07) is 9.29. The molecule has 0 spiro atoms. The van der Waals surface area contributed by atoms with Gasteiger partial charge in [-0.05, 0) is 12.1 Å². The van der Waals surface area contributed by atoms with Crippen LogP contribution in [0, 0.1) is 0 Å². The van der Waals surface area contributed by atoms with Gasteiger partial charge in [0.15, 0.2) is 9.84 Å². The second-order valence-electron chi connectivity index (χ2n) is 4.54. The quantitative estimate of drug-likeness (QED) is 0.903. The van der Waals surface area contributed by atoms with Gasteiger partial charge in [-0.3, -0.25) is 0 Å². The van der Waals surface area contributed by atoms with E-state index in [1.807, 2.05) is 30.3 Å². The SMILES string of the molecule is O=S1(=O)C[C@H](O)[C@H](Sc2nnc(-c3ccccc3)o2)C1. The molecule has 3 rings (SSSR count). The zero-order valence-corrected chi connectivity index (χ0v) is 12.0. The van der Waals surface area contributed by atoms with Gasteiger partial charge in [0.25, 0.3) is 5.22 Å². The van der Waals surface area contributed by atoms with Crippen LogP contribution in [0.5, 0.6) is 0 Å². The molecule has 1 fully saturated rings. The number of aliphatic hydroxyl groups excluding tert-OH is 1. The monoisotopic (exact) mass is 312 g/mol. The lowest BCUT2D eigenvalue weighted by molar-refractivity contribution is 0.207. The first kappa shape index (κ1) is 13.6. The van der Waals surface area contributed by atoms with Crippen LogP contribution in [0.2, 0.25) is 0 Å². The molecule has 0 bridgehead atoms. The molecule has 1 aromatic heterocycles. The molecule has 2 heterocycles. The topological polar surface area (TPSA) is 93.3 Å². The lowest BCUT2D eigenvalue weighted by Crippen LogP contribution is -2.19. The molecular weight excluding hydrogens is 300 g/mol. The van der Waals surface area contributed by atoms with Crippen molar-refractivity contribution in [3.8, 4) is 11.5 Å². The Hall–Kier alpha value is -1.38. The molecule has 1 aromatic carbocycles. The molecule has 1 aliphatic heterocycles. The van der Waals surface area contributed by atoms with Crippen LogP contribution in [0.25, 0.3) is 11.5 Å². The van der Waals surface area contributed by atoms with E-state index in [9.17, 15) is 13.5 Å². The summed E-state index contributed by atoms with van der Waals surface area (Å²) in [5.41, 5.74) is 0.798. The predicted octanol–water partition coefficient (Wildman–Crippen LogP) is 0.987. The van der Waals surface area contributed by atoms with Gasteiger partial charge in [-0.25, -0.2) is 8.42 Å². The summed E-state index contributed by atoms with van der Waals surface area (Å²) in [4.78, 5) is 0. The second-order valence-corrected chi connectivity index (χ2v) is 7.88. The molecule has 1 aliphatic rings. The van der Waals surface area contributed by atoms with Gasteiger partial charge in [0.1, 0.15) is 0 Å². The van der Waals surface area contributed by atoms with Crippen molar-refractivity contribution in [1.82, 2.24) is 10.2 Å². The van der Waals surface area contributed by atoms with Crippen LogP contribution < -0.4 is 0 Å². The number of aliphatic hydroxyl groups is 1. The van der Waals surface area contributed by atoms with Crippen molar-refractivity contribution >= 4 is 21.6 Å². The van der Waals surface area contributed by atoms with Crippen molar-refractivity contribution in [1.29, 1.82) is 0 Å². The normalized spacial score (nSPS) is 24.9. The Labute approximate surface area is 120 Å². The Morgan fingerprint density at radius 1 is 1.20 bits per heavy atom. The highest BCUT2D eigenvalue weighted by molar-refractivity contribution is 8.01. The van der Waals surface area contributed by atoms with Crippen molar-refractivity contribution in [2.24, 2.45) is 0 Å². The molecule has 1 N–H and O–H groups in total. The highest BCUT2D eigenvalue weighted by atomic mass is 32.2. The zero-order valence-electron chi connectivity index (χ0n) is 10.3. The third kappa shape index (κ3) is 2.87. The number of hydrogen-bond acceptors (Lipinski definition) is 7. The van der Waals surface area contributed by atoms with Crippen LogP contribution in [0.3, 0.4) is 0 Å². The maximum atomic E-state index is 11.4. The molecule has 2 atom stereocenters. The number of sulfone groups is 1. The van der Waals surface area contributed by atoms with Crippen molar-refractivity contribution < 1.29 is 17.9 Å². The molecule has 0 amide bonds. The molecule has 0 saturated carbocycles. The highest BCUT2D eigenvalue weighted by Gasteiger charge is 2.38. The summed E-state index contributed by atoms with van der Waals surface area (Å²) in [5.74, 6) is 0.107. The van der Waals surface area contributed by atoms with Crippen LogP contribution in [-0.4, -0.2) is 46.6 Å². The van der Waals surface area contributed by atoms with Crippen molar-refractivity contribution in [3.63, 3.8) is 0 Å². The summed E-state index contributed by atoms with van der Waals surface area (Å²) < 4.78 is 28.3. The number of benzene rings is 1. The second kappa shape index (κ2) is 5.19. The Kier molecular flexibility index (Phi) is 3.53. The van der Waals surface area contributed by atoms with Gasteiger partial charge in [-0.2, -0.15) is 0 Å². The van der Waals surface area contributed by atoms with E-state index in [1.165, 1.54) is 0 Å². The average Bonchev–Trinajstić information content (AvgIpc) is 2.96. The first-order chi connectivity index (χ1) is 9.53. The Bertz CT molecular complexity index is 699. The zero-order chi connectivity index (χ0) is 14.2. The van der Waals surface area contributed by atoms with Crippen molar-refractivity contribution in [2.75, 3.05) is 11.5 Å². The van der Waals surface area contributed by atoms with Gasteiger partial charge in [-0.1, -0.05) is 30.0 Å². The van der Waals surface area contributed by atoms with Crippen molar-refractivity contribution in [3.05, 3.63) is 30.3 Å². The lowest BCUT2D eigenvalue weighted by Gasteiger charge is -2.07. The molecule has 0 unspecified atom stereocenters. The number of aromatic nitrogens is 2. The van der Waals surface area contributed by atoms with Crippen LogP contribution in [0.15, 0.2) is 40.0 Å². The number of thioether (sulfide) groups is 1. The Morgan fingerprint density at radius 3 is 2.60 bits per heavy atom. The third-order valence-electron chi connectivity index (χ3n) is 2.95. The fraction of sp³-hybridized carbons (Fsp3) is 0.333. The number of rotatable bonds is 3. The van der Waals surface area contributed by atoms with Gasteiger partial charge in [0.05, 0.1) is 22.9 Å². The molecule has 6 nitrogen and oxygen atoms in total. The first-order valence-corrected chi connectivity index (χ1v) is 8.68. The molecule has 20 heavy (non-hydrogen) atoms. The molecule has 0 radical (unpaired) electrons. The van der Waals surface area contributed by atoms with Gasteiger partial charge in [0, 0.05) is 5.56 Å². The fourth-order valence-electron chi connectivity index (χ4n) is 1.99. The molecular formula is C12H12N2O4S2. The van der Waals surface area contributed by atoms with E-state index >= 15 is 0 Å². The van der Waals surface area contributed by atoms with Gasteiger partial charge >= 0.3 is 0 Å². The van der Waals surface area contributed by atoms with Crippen LogP contribution >= 0.6 is 11.8 Å². The predicted molar refractivity (Wildman–Crippen MR) is 74.0 cm³/mol. The standard InChI is InChI=1S/C12H12N2O4S2/c15-9-6-20(16,17)7-10(9)19-12-14-13-11(18-12)8-4-2-1-3-5-8/h1-5,9-10,15H,6-7H2/t9-,10+/m0/s1. The summed E-state index contributed by atoms with van der Waals surface area (Å²) in [6.07, 6.45) is -0.892. The van der Waals surface area contributed by atoms with Crippen LogP contribution in [0.1, 0.15) is 0 Å². The Balaban J connectivity index is 1.75. The number of nitrogens with zero attached hydrogens (tertiary/aromatic N) is 2. The van der Waals surface area contributed by atoms with E-state index in [4.69, 9.17) is 4.42 Å². The van der Waals surface area contributed by atoms with E-state index in [2.05, 4.69) is 10.2 Å². The molecule has 2 aromatic rings. The van der Waals surface area contributed by atoms with E-state index in [-0.39, 0.29) is 16.7 Å². The largest absolute Gasteiger partial charge is 0.411 e. The first-order valence-electron chi connectivity index (χ1n) is 5.97. The van der Waals surface area contributed by atoms with E-state index in [0.29, 0.717) is 5.89 Å². The third-order valence-corrected chi connectivity index (χ3v) is 6.03. The smallest absolute Gasteiger partial charge is 0.277 e. The summed E-state index contributed by atoms with van der Waals surface area (Å²) in [7, 11) is -3.17. The minimum Gasteiger partial charge on any atom is -0.411 e. The minimum atomic E-state index is -3.17. The van der Waals surface area contributed by atoms with E-state index in [0.717, 1.165) is 17.3 Å². The minimum absolute atomic E-state index is 0.0676. The Morgan fingerprint density at radius 2 is 1.95 bits per heavy atom. The summed E-state index contributed by atoms with van der Waals surface area (Å²) >= 11 is 1.11. The van der Waals surface area contributed by atoms with Crippen LogP contribution in [-0.2, 0) is 9.84 Å². The highest BCUT2D eigenvalue weighted by Crippen LogP contribution is 2.31. The van der Waals surface area contributed by atoms with Gasteiger partial charge in [-0.15, -0.1) is 10.2 Å². The molecule has 1 saturated heterocycles. The van der Waals surface area contributed by atoms with Crippen LogP contribution in [0.4, 0.5) is 0 Å². The molecule has 8 heteroatoms. The molecule has 106 valence electrons. The van der Waals surface area contributed by atoms with Gasteiger partial charge < -0.3 is 9.52 Å². The maximum absolute atomic E-state index is 11.4. The molecule has 0 aliphatic carbocycles. The maximum Gasteiger partial charge on any atom is 0.277 e. The summed E-state index contributed by atoms with van der Waals surface area (Å²) in [6.45, 7) is 0. The summed E-state index contributed by atoms with van der Waals surface area (Å²) in [5, 5.41) is 17.3. The van der Waals surface area contributed by atoms with E-state index < -0.39 is 21.2 Å². The van der Waals surface area contributed by atoms with Gasteiger partial charge in [0.2, 0.25) is 5.89 Å². The van der Waals surface area contributed by atoms with E-state index in [1.54, 1.807) is 0 Å². The number of hydrogen-bond donors (Lipinski definition) is 1.